The summed E-state index contributed by atoms with van der Waals surface area (Å²) < 4.78 is 37.5. The normalized spacial score (nSPS) is 11.8. The molecule has 0 fully saturated rings. The monoisotopic (exact) mass is 319 g/mol. The van der Waals surface area contributed by atoms with Crippen LogP contribution in [0.4, 0.5) is 18.9 Å². The fraction of sp³-hybridized carbons (Fsp3) is 0.0667. The summed E-state index contributed by atoms with van der Waals surface area (Å²) in [5.74, 6) is 0. The van der Waals surface area contributed by atoms with Gasteiger partial charge in [0.1, 0.15) is 6.07 Å². The zero-order valence-electron chi connectivity index (χ0n) is 11.4. The van der Waals surface area contributed by atoms with Gasteiger partial charge in [0.25, 0.3) is 5.69 Å². The minimum Gasteiger partial charge on any atom is -0.258 e. The summed E-state index contributed by atoms with van der Waals surface area (Å²) in [5.41, 5.74) is -1.07. The van der Waals surface area contributed by atoms with Gasteiger partial charge in [0.15, 0.2) is 0 Å². The Kier molecular flexibility index (Phi) is 4.41. The van der Waals surface area contributed by atoms with Crippen molar-refractivity contribution in [1.29, 1.82) is 5.26 Å². The third-order valence-corrected chi connectivity index (χ3v) is 2.92. The number of para-hydroxylation sites is 1. The minimum absolute atomic E-state index is 0.00125. The van der Waals surface area contributed by atoms with Gasteiger partial charge >= 0.3 is 6.18 Å². The number of halogens is 3. The maximum atomic E-state index is 12.5. The van der Waals surface area contributed by atoms with Gasteiger partial charge in [-0.3, -0.25) is 15.1 Å². The molecule has 8 heteroatoms. The summed E-state index contributed by atoms with van der Waals surface area (Å²) in [7, 11) is 0. The third kappa shape index (κ3) is 3.71. The van der Waals surface area contributed by atoms with E-state index < -0.39 is 16.7 Å². The average molecular weight is 319 g/mol. The average Bonchev–Trinajstić information content (AvgIpc) is 2.52. The van der Waals surface area contributed by atoms with Crippen molar-refractivity contribution in [3.63, 3.8) is 0 Å². The van der Waals surface area contributed by atoms with E-state index in [1.54, 1.807) is 12.1 Å². The Hall–Kier alpha value is -3.21. The Bertz CT molecular complexity index is 806. The lowest BCUT2D eigenvalue weighted by atomic mass is 10.1. The Morgan fingerprint density at radius 2 is 1.96 bits per heavy atom. The summed E-state index contributed by atoms with van der Waals surface area (Å²) in [5, 5.41) is 20.1. The number of nitrogens with zero attached hydrogens (tertiary/aromatic N) is 3. The molecule has 0 bridgehead atoms. The zero-order chi connectivity index (χ0) is 17.0. The maximum Gasteiger partial charge on any atom is 0.417 e. The summed E-state index contributed by atoms with van der Waals surface area (Å²) in [4.78, 5) is 13.9. The fourth-order valence-corrected chi connectivity index (χ4v) is 1.82. The highest BCUT2D eigenvalue weighted by atomic mass is 19.4. The first kappa shape index (κ1) is 16.2. The van der Waals surface area contributed by atoms with Crippen LogP contribution in [0.3, 0.4) is 0 Å². The molecular weight excluding hydrogens is 311 g/mol. The van der Waals surface area contributed by atoms with Gasteiger partial charge in [-0.05, 0) is 24.3 Å². The molecule has 0 saturated heterocycles. The number of nitro benzene ring substituents is 1. The molecule has 1 aromatic carbocycles. The van der Waals surface area contributed by atoms with Gasteiger partial charge in [-0.15, -0.1) is 0 Å². The van der Waals surface area contributed by atoms with Gasteiger partial charge in [-0.2, -0.15) is 18.4 Å². The number of benzene rings is 1. The van der Waals surface area contributed by atoms with Gasteiger partial charge in [0.2, 0.25) is 0 Å². The van der Waals surface area contributed by atoms with E-state index in [0.717, 1.165) is 12.1 Å². The number of hydrogen-bond donors (Lipinski definition) is 0. The van der Waals surface area contributed by atoms with E-state index in [1.807, 2.05) is 0 Å². The van der Waals surface area contributed by atoms with E-state index in [9.17, 15) is 23.3 Å². The summed E-state index contributed by atoms with van der Waals surface area (Å²) in [6.07, 6.45) is -2.70. The van der Waals surface area contributed by atoms with E-state index in [2.05, 4.69) is 4.98 Å². The van der Waals surface area contributed by atoms with Crippen molar-refractivity contribution in [2.75, 3.05) is 0 Å². The lowest BCUT2D eigenvalue weighted by molar-refractivity contribution is -0.385. The van der Waals surface area contributed by atoms with Crippen LogP contribution in [-0.2, 0) is 6.18 Å². The molecule has 0 radical (unpaired) electrons. The second-order valence-corrected chi connectivity index (χ2v) is 4.42. The van der Waals surface area contributed by atoms with Gasteiger partial charge in [-0.1, -0.05) is 12.1 Å². The number of rotatable bonds is 3. The lowest BCUT2D eigenvalue weighted by Crippen LogP contribution is -2.05. The Morgan fingerprint density at radius 3 is 2.48 bits per heavy atom. The number of allylic oxidation sites excluding steroid dienone is 1. The topological polar surface area (TPSA) is 79.8 Å². The molecule has 0 aliphatic heterocycles. The lowest BCUT2D eigenvalue weighted by Gasteiger charge is -2.06. The van der Waals surface area contributed by atoms with Crippen LogP contribution < -0.4 is 0 Å². The van der Waals surface area contributed by atoms with Crippen LogP contribution in [-0.4, -0.2) is 9.91 Å². The SMILES string of the molecule is N#C/C(=C\c1ccccc1[N+](=O)[O-])c1ccc(C(F)(F)F)cn1. The van der Waals surface area contributed by atoms with Crippen LogP contribution in [0, 0.1) is 21.4 Å². The number of nitro groups is 1. The van der Waals surface area contributed by atoms with E-state index in [-0.39, 0.29) is 22.5 Å². The van der Waals surface area contributed by atoms with Gasteiger partial charge in [0.05, 0.1) is 27.3 Å². The number of aromatic nitrogens is 1. The van der Waals surface area contributed by atoms with Crippen LogP contribution in [0.15, 0.2) is 42.6 Å². The van der Waals surface area contributed by atoms with Gasteiger partial charge < -0.3 is 0 Å². The summed E-state index contributed by atoms with van der Waals surface area (Å²) in [6, 6.07) is 9.35. The van der Waals surface area contributed by atoms with Crippen molar-refractivity contribution < 1.29 is 18.1 Å². The molecule has 0 aliphatic rings. The standard InChI is InChI=1S/C15H8F3N3O2/c16-15(17,18)12-5-6-13(20-9-12)11(8-19)7-10-3-1-2-4-14(10)21(22)23/h1-7,9H/b11-7+. The maximum absolute atomic E-state index is 12.5. The quantitative estimate of drug-likeness (QED) is 0.485. The molecule has 0 atom stereocenters. The smallest absolute Gasteiger partial charge is 0.258 e. The van der Waals surface area contributed by atoms with Crippen LogP contribution in [0.5, 0.6) is 0 Å². The van der Waals surface area contributed by atoms with Gasteiger partial charge in [0, 0.05) is 12.3 Å². The Balaban J connectivity index is 2.45. The molecular formula is C15H8F3N3O2. The molecule has 0 amide bonds. The fourth-order valence-electron chi connectivity index (χ4n) is 1.82. The van der Waals surface area contributed by atoms with E-state index >= 15 is 0 Å². The van der Waals surface area contributed by atoms with Gasteiger partial charge in [-0.25, -0.2) is 0 Å². The van der Waals surface area contributed by atoms with Crippen molar-refractivity contribution in [3.05, 3.63) is 69.5 Å². The molecule has 1 heterocycles. The number of hydrogen-bond acceptors (Lipinski definition) is 4. The van der Waals surface area contributed by atoms with Crippen LogP contribution in [0.1, 0.15) is 16.8 Å². The molecule has 2 rings (SSSR count). The van der Waals surface area contributed by atoms with Crippen LogP contribution in [0.25, 0.3) is 11.6 Å². The Labute approximate surface area is 128 Å². The van der Waals surface area contributed by atoms with E-state index in [1.165, 1.54) is 24.3 Å². The van der Waals surface area contributed by atoms with Crippen LogP contribution in [0.2, 0.25) is 0 Å². The number of pyridine rings is 1. The predicted molar refractivity (Wildman–Crippen MR) is 75.8 cm³/mol. The molecule has 0 N–H and O–H groups in total. The molecule has 0 unspecified atom stereocenters. The molecule has 0 spiro atoms. The zero-order valence-corrected chi connectivity index (χ0v) is 11.4. The van der Waals surface area contributed by atoms with E-state index in [4.69, 9.17) is 5.26 Å². The highest BCUT2D eigenvalue weighted by molar-refractivity contribution is 5.89. The molecule has 0 saturated carbocycles. The van der Waals surface area contributed by atoms with E-state index in [0.29, 0.717) is 6.20 Å². The first-order valence-corrected chi connectivity index (χ1v) is 6.22. The molecule has 116 valence electrons. The molecule has 2 aromatic rings. The largest absolute Gasteiger partial charge is 0.417 e. The summed E-state index contributed by atoms with van der Waals surface area (Å²) in [6.45, 7) is 0. The van der Waals surface area contributed by atoms with Crippen LogP contribution >= 0.6 is 0 Å². The highest BCUT2D eigenvalue weighted by Crippen LogP contribution is 2.29. The number of alkyl halides is 3. The second-order valence-electron chi connectivity index (χ2n) is 4.42. The van der Waals surface area contributed by atoms with Crippen molar-refractivity contribution in [2.45, 2.75) is 6.18 Å². The molecule has 23 heavy (non-hydrogen) atoms. The van der Waals surface area contributed by atoms with Crippen molar-refractivity contribution >= 4 is 17.3 Å². The first-order valence-electron chi connectivity index (χ1n) is 6.22. The first-order chi connectivity index (χ1) is 10.8. The van der Waals surface area contributed by atoms with Crippen molar-refractivity contribution in [1.82, 2.24) is 4.98 Å². The molecule has 0 aliphatic carbocycles. The van der Waals surface area contributed by atoms with Crippen molar-refractivity contribution in [2.24, 2.45) is 0 Å². The Morgan fingerprint density at radius 1 is 1.26 bits per heavy atom. The molecule has 1 aromatic heterocycles. The van der Waals surface area contributed by atoms with Crippen molar-refractivity contribution in [3.8, 4) is 6.07 Å². The minimum atomic E-state index is -4.53. The predicted octanol–water partition coefficient (Wildman–Crippen LogP) is 4.07. The third-order valence-electron chi connectivity index (χ3n) is 2.92. The number of nitriles is 1. The second kappa shape index (κ2) is 6.27. The highest BCUT2D eigenvalue weighted by Gasteiger charge is 2.30. The molecule has 5 nitrogen and oxygen atoms in total. The summed E-state index contributed by atoms with van der Waals surface area (Å²) >= 11 is 0.